The van der Waals surface area contributed by atoms with Crippen molar-refractivity contribution in [3.63, 3.8) is 0 Å². The van der Waals surface area contributed by atoms with E-state index in [1.54, 1.807) is 12.1 Å². The average Bonchev–Trinajstić information content (AvgIpc) is 2.04. The van der Waals surface area contributed by atoms with Gasteiger partial charge in [0.1, 0.15) is 0 Å². The van der Waals surface area contributed by atoms with Crippen molar-refractivity contribution < 1.29 is 9.91 Å². The lowest BCUT2D eigenvalue weighted by atomic mass is 10.2. The standard InChI is InChI=1S/C8H9NO2/c1-6-3-4-8(11-2)7(5-6)9-10/h3-5H,1-2H3/p+1. The van der Waals surface area contributed by atoms with E-state index >= 15 is 0 Å². The number of rotatable bonds is 2. The maximum absolute atomic E-state index is 10.3. The third-order valence-electron chi connectivity index (χ3n) is 1.46. The highest BCUT2D eigenvalue weighted by Crippen LogP contribution is 2.19. The van der Waals surface area contributed by atoms with Crippen LogP contribution in [0.2, 0.25) is 0 Å². The molecular formula is C8H10NO2+. The van der Waals surface area contributed by atoms with Crippen LogP contribution in [-0.4, -0.2) is 7.11 Å². The third-order valence-corrected chi connectivity index (χ3v) is 1.46. The molecule has 58 valence electrons. The molecule has 0 aliphatic carbocycles. The van der Waals surface area contributed by atoms with Crippen LogP contribution in [0.5, 0.6) is 5.75 Å². The van der Waals surface area contributed by atoms with Crippen molar-refractivity contribution >= 4 is 5.69 Å². The molecule has 0 saturated carbocycles. The molecule has 0 aliphatic heterocycles. The Bertz CT molecular complexity index is 271. The smallest absolute Gasteiger partial charge is 0.295 e. The molecule has 0 aromatic heterocycles. The van der Waals surface area contributed by atoms with Crippen LogP contribution in [0.4, 0.5) is 5.69 Å². The summed E-state index contributed by atoms with van der Waals surface area (Å²) in [5.41, 5.74) is 1.51. The maximum Gasteiger partial charge on any atom is 0.295 e. The predicted octanol–water partition coefficient (Wildman–Crippen LogP) is 0.482. The van der Waals surface area contributed by atoms with Gasteiger partial charge in [-0.3, -0.25) is 0 Å². The zero-order valence-corrected chi connectivity index (χ0v) is 6.55. The molecule has 0 aliphatic rings. The summed E-state index contributed by atoms with van der Waals surface area (Å²) in [6.45, 7) is 1.92. The summed E-state index contributed by atoms with van der Waals surface area (Å²) >= 11 is 0. The first-order valence-electron chi connectivity index (χ1n) is 3.30. The minimum absolute atomic E-state index is 0.479. The minimum atomic E-state index is 0.479. The number of nitrogens with one attached hydrogen (secondary N) is 1. The van der Waals surface area contributed by atoms with Crippen molar-refractivity contribution in [2.45, 2.75) is 6.92 Å². The summed E-state index contributed by atoms with van der Waals surface area (Å²) in [4.78, 5) is 10.3. The van der Waals surface area contributed by atoms with Gasteiger partial charge in [-0.05, 0) is 18.6 Å². The molecule has 11 heavy (non-hydrogen) atoms. The fourth-order valence-corrected chi connectivity index (χ4v) is 0.902. The normalized spacial score (nSPS) is 9.27. The fraction of sp³-hybridized carbons (Fsp3) is 0.250. The highest BCUT2D eigenvalue weighted by Gasteiger charge is 2.07. The van der Waals surface area contributed by atoms with Gasteiger partial charge in [-0.2, -0.15) is 0 Å². The Hall–Kier alpha value is -1.38. The molecule has 1 N–H and O–H groups in total. The van der Waals surface area contributed by atoms with Gasteiger partial charge in [0.25, 0.3) is 5.69 Å². The highest BCUT2D eigenvalue weighted by molar-refractivity contribution is 5.47. The Morgan fingerprint density at radius 1 is 1.45 bits per heavy atom. The zero-order chi connectivity index (χ0) is 8.27. The molecule has 1 rings (SSSR count). The van der Waals surface area contributed by atoms with Crippen molar-refractivity contribution in [1.29, 1.82) is 0 Å². The molecule has 0 bridgehead atoms. The summed E-state index contributed by atoms with van der Waals surface area (Å²) in [5, 5.41) is 1.81. The molecule has 3 nitrogen and oxygen atoms in total. The van der Waals surface area contributed by atoms with Gasteiger partial charge in [-0.25, -0.2) is 0 Å². The van der Waals surface area contributed by atoms with Gasteiger partial charge < -0.3 is 4.74 Å². The van der Waals surface area contributed by atoms with Gasteiger partial charge in [-0.1, -0.05) is 6.07 Å². The fourth-order valence-electron chi connectivity index (χ4n) is 0.902. The number of benzene rings is 1. The van der Waals surface area contributed by atoms with E-state index in [4.69, 9.17) is 4.74 Å². The number of aryl methyl sites for hydroxylation is 1. The molecule has 0 spiro atoms. The Labute approximate surface area is 65.0 Å². The summed E-state index contributed by atoms with van der Waals surface area (Å²) in [6.07, 6.45) is 0. The molecule has 0 heterocycles. The quantitative estimate of drug-likeness (QED) is 0.669. The molecule has 0 fully saturated rings. The topological polar surface area (TPSA) is 40.3 Å². The first-order chi connectivity index (χ1) is 5.27. The monoisotopic (exact) mass is 152 g/mol. The zero-order valence-electron chi connectivity index (χ0n) is 6.55. The molecule has 1 aromatic carbocycles. The van der Waals surface area contributed by atoms with Crippen molar-refractivity contribution in [2.75, 3.05) is 7.11 Å². The van der Waals surface area contributed by atoms with Crippen molar-refractivity contribution in [2.24, 2.45) is 0 Å². The van der Waals surface area contributed by atoms with Gasteiger partial charge in [0.15, 0.2) is 5.75 Å². The van der Waals surface area contributed by atoms with E-state index in [-0.39, 0.29) is 0 Å². The van der Waals surface area contributed by atoms with E-state index in [1.807, 2.05) is 18.2 Å². The van der Waals surface area contributed by atoms with Crippen LogP contribution < -0.4 is 9.91 Å². The second-order valence-corrected chi connectivity index (χ2v) is 2.31. The van der Waals surface area contributed by atoms with Crippen LogP contribution in [0.3, 0.4) is 0 Å². The summed E-state index contributed by atoms with van der Waals surface area (Å²) < 4.78 is 4.93. The second kappa shape index (κ2) is 3.14. The minimum Gasteiger partial charge on any atom is -0.490 e. The van der Waals surface area contributed by atoms with Crippen LogP contribution in [-0.2, 0) is 0 Å². The Morgan fingerprint density at radius 2 is 2.18 bits per heavy atom. The Balaban J connectivity index is 3.16. The lowest BCUT2D eigenvalue weighted by Crippen LogP contribution is -2.55. The van der Waals surface area contributed by atoms with E-state index in [0.29, 0.717) is 11.4 Å². The third kappa shape index (κ3) is 1.55. The van der Waals surface area contributed by atoms with E-state index in [2.05, 4.69) is 0 Å². The number of hydrogen-bond acceptors (Lipinski definition) is 2. The van der Waals surface area contributed by atoms with Crippen LogP contribution in [0.25, 0.3) is 0 Å². The van der Waals surface area contributed by atoms with Crippen molar-refractivity contribution in [3.05, 3.63) is 28.7 Å². The van der Waals surface area contributed by atoms with Gasteiger partial charge in [-0.15, -0.1) is 0 Å². The van der Waals surface area contributed by atoms with Crippen molar-refractivity contribution in [1.82, 2.24) is 0 Å². The lowest BCUT2D eigenvalue weighted by Gasteiger charge is -1.97. The van der Waals surface area contributed by atoms with Gasteiger partial charge in [0, 0.05) is 16.2 Å². The second-order valence-electron chi connectivity index (χ2n) is 2.31. The predicted molar refractivity (Wildman–Crippen MR) is 41.7 cm³/mol. The molecule has 0 amide bonds. The molecule has 0 atom stereocenters. The molecule has 0 saturated heterocycles. The Morgan fingerprint density at radius 3 is 2.73 bits per heavy atom. The van der Waals surface area contributed by atoms with E-state index < -0.39 is 0 Å². The van der Waals surface area contributed by atoms with E-state index in [1.165, 1.54) is 7.11 Å². The van der Waals surface area contributed by atoms with Gasteiger partial charge >= 0.3 is 0 Å². The number of ether oxygens (including phenoxy) is 1. The summed E-state index contributed by atoms with van der Waals surface area (Å²) in [5.74, 6) is 0.575. The molecule has 1 aromatic rings. The molecule has 3 heteroatoms. The van der Waals surface area contributed by atoms with E-state index in [0.717, 1.165) is 5.56 Å². The van der Waals surface area contributed by atoms with Crippen molar-refractivity contribution in [3.8, 4) is 5.75 Å². The first kappa shape index (κ1) is 7.72. The molecule has 0 radical (unpaired) electrons. The largest absolute Gasteiger partial charge is 0.490 e. The number of nitroso groups, excluding NO2 is 1. The summed E-state index contributed by atoms with van der Waals surface area (Å²) in [7, 11) is 1.53. The summed E-state index contributed by atoms with van der Waals surface area (Å²) in [6, 6.07) is 5.39. The number of methoxy groups -OCH3 is 1. The number of hydrogen-bond donors (Lipinski definition) is 1. The highest BCUT2D eigenvalue weighted by atomic mass is 16.5. The van der Waals surface area contributed by atoms with Crippen LogP contribution in [0.1, 0.15) is 5.56 Å². The van der Waals surface area contributed by atoms with E-state index in [9.17, 15) is 4.91 Å². The van der Waals surface area contributed by atoms with Crippen LogP contribution in [0, 0.1) is 11.8 Å². The van der Waals surface area contributed by atoms with Crippen LogP contribution >= 0.6 is 0 Å². The van der Waals surface area contributed by atoms with Gasteiger partial charge in [0.2, 0.25) is 0 Å². The Kier molecular flexibility index (Phi) is 2.21. The molecule has 0 unspecified atom stereocenters. The van der Waals surface area contributed by atoms with Crippen LogP contribution in [0.15, 0.2) is 18.2 Å². The molecular weight excluding hydrogens is 142 g/mol. The maximum atomic E-state index is 10.3. The lowest BCUT2D eigenvalue weighted by molar-refractivity contribution is -0.380. The van der Waals surface area contributed by atoms with Gasteiger partial charge in [0.05, 0.1) is 7.11 Å². The SMILES string of the molecule is COc1ccc(C)cc1[NH+]=O. The first-order valence-corrected chi connectivity index (χ1v) is 3.30. The average molecular weight is 152 g/mol.